The number of hydrogen-bond acceptors (Lipinski definition) is 2. The zero-order valence-corrected chi connectivity index (χ0v) is 31.5. The first-order valence-corrected chi connectivity index (χ1v) is 19.0. The summed E-state index contributed by atoms with van der Waals surface area (Å²) >= 11 is 0. The average Bonchev–Trinajstić information content (AvgIpc) is 3.03. The van der Waals surface area contributed by atoms with Crippen LogP contribution >= 0.6 is 0 Å². The van der Waals surface area contributed by atoms with Crippen LogP contribution in [0.25, 0.3) is 0 Å². The molecule has 0 heterocycles. The van der Waals surface area contributed by atoms with E-state index in [1.165, 1.54) is 99.3 Å². The molecule has 0 aliphatic heterocycles. The fraction of sp³-hybridized carbons (Fsp3) is 0.628. The SMILES string of the molecule is CCCC#CC(=Nc1cc(CCCCC)cc(CCCCC)c1)C(CCCC)=Nc1cc(CCCCC)cc(CCCCC)c1.[Ni]. The van der Waals surface area contributed by atoms with Gasteiger partial charge in [0.1, 0.15) is 5.71 Å². The van der Waals surface area contributed by atoms with Crippen molar-refractivity contribution in [1.82, 2.24) is 0 Å². The number of aryl methyl sites for hydroxylation is 4. The monoisotopic (exact) mass is 668 g/mol. The van der Waals surface area contributed by atoms with Crippen molar-refractivity contribution in [2.24, 2.45) is 9.98 Å². The summed E-state index contributed by atoms with van der Waals surface area (Å²) in [6.07, 6.45) is 24.6. The Bertz CT molecular complexity index is 1160. The maximum Gasteiger partial charge on any atom is 0.135 e. The van der Waals surface area contributed by atoms with E-state index in [2.05, 4.69) is 89.8 Å². The third kappa shape index (κ3) is 17.7. The number of benzene rings is 2. The van der Waals surface area contributed by atoms with Crippen molar-refractivity contribution in [2.45, 2.75) is 176 Å². The van der Waals surface area contributed by atoms with Crippen molar-refractivity contribution in [3.8, 4) is 11.8 Å². The Morgan fingerprint density at radius 3 is 1.24 bits per heavy atom. The smallest absolute Gasteiger partial charge is 0.135 e. The molecule has 0 fully saturated rings. The van der Waals surface area contributed by atoms with Crippen LogP contribution in [0, 0.1) is 11.8 Å². The Balaban J connectivity index is 0.0000106. The van der Waals surface area contributed by atoms with Crippen molar-refractivity contribution in [2.75, 3.05) is 0 Å². The van der Waals surface area contributed by atoms with Crippen LogP contribution in [0.5, 0.6) is 0 Å². The summed E-state index contributed by atoms with van der Waals surface area (Å²) in [5, 5.41) is 0. The second kappa shape index (κ2) is 26.9. The molecular weight excluding hydrogens is 603 g/mol. The first-order valence-electron chi connectivity index (χ1n) is 19.0. The van der Waals surface area contributed by atoms with Gasteiger partial charge < -0.3 is 0 Å². The van der Waals surface area contributed by atoms with Gasteiger partial charge in [-0.1, -0.05) is 117 Å². The first kappa shape index (κ1) is 41.9. The Labute approximate surface area is 295 Å². The number of aliphatic imine (C=N–C) groups is 2. The van der Waals surface area contributed by atoms with E-state index in [0.717, 1.165) is 80.6 Å². The summed E-state index contributed by atoms with van der Waals surface area (Å²) in [4.78, 5) is 10.7. The maximum absolute atomic E-state index is 5.40. The number of nitrogens with zero attached hydrogens (tertiary/aromatic N) is 2. The second-order valence-electron chi connectivity index (χ2n) is 13.0. The van der Waals surface area contributed by atoms with Crippen molar-refractivity contribution >= 4 is 22.8 Å². The van der Waals surface area contributed by atoms with Gasteiger partial charge in [-0.3, -0.25) is 4.99 Å². The topological polar surface area (TPSA) is 24.7 Å². The first-order chi connectivity index (χ1) is 22.1. The molecule has 0 aliphatic carbocycles. The molecule has 0 saturated carbocycles. The van der Waals surface area contributed by atoms with E-state index in [0.29, 0.717) is 0 Å². The molecule has 2 rings (SSSR count). The summed E-state index contributed by atoms with van der Waals surface area (Å²) in [5.74, 6) is 6.97. The molecule has 0 aromatic heterocycles. The van der Waals surface area contributed by atoms with Crippen LogP contribution in [0.2, 0.25) is 0 Å². The molecule has 0 unspecified atom stereocenters. The average molecular weight is 670 g/mol. The van der Waals surface area contributed by atoms with Crippen LogP contribution in [0.15, 0.2) is 46.4 Å². The molecule has 2 aromatic carbocycles. The van der Waals surface area contributed by atoms with Gasteiger partial charge in [0.25, 0.3) is 0 Å². The standard InChI is InChI=1S/C43H66N2.Ni/c1-7-13-19-24-36-30-37(25-20-14-8-2)33-40(32-36)44-42(28-18-12-6)43(29-23-17-11-5)45-41-34-38(26-21-15-9-3)31-39(35-41)27-22-16-10-4;/h30-35H,7-22,24-28H2,1-6H3;. The third-order valence-corrected chi connectivity index (χ3v) is 8.48. The van der Waals surface area contributed by atoms with Gasteiger partial charge in [-0.15, -0.1) is 0 Å². The summed E-state index contributed by atoms with van der Waals surface area (Å²) in [5.41, 5.74) is 9.74. The van der Waals surface area contributed by atoms with E-state index >= 15 is 0 Å². The van der Waals surface area contributed by atoms with Gasteiger partial charge in [0.05, 0.1) is 17.1 Å². The molecule has 3 heteroatoms. The van der Waals surface area contributed by atoms with E-state index in [4.69, 9.17) is 9.98 Å². The Hall–Kier alpha value is -2.17. The quantitative estimate of drug-likeness (QED) is 0.0487. The maximum atomic E-state index is 5.40. The molecule has 0 amide bonds. The normalized spacial score (nSPS) is 11.7. The Morgan fingerprint density at radius 2 is 0.870 bits per heavy atom. The van der Waals surface area contributed by atoms with Gasteiger partial charge in [0.15, 0.2) is 0 Å². The van der Waals surface area contributed by atoms with Crippen molar-refractivity contribution in [3.63, 3.8) is 0 Å². The minimum absolute atomic E-state index is 0. The molecule has 0 bridgehead atoms. The van der Waals surface area contributed by atoms with Gasteiger partial charge in [-0.25, -0.2) is 4.99 Å². The van der Waals surface area contributed by atoms with E-state index in [1.807, 2.05) is 0 Å². The van der Waals surface area contributed by atoms with Crippen LogP contribution < -0.4 is 0 Å². The molecule has 258 valence electrons. The molecule has 0 saturated heterocycles. The summed E-state index contributed by atoms with van der Waals surface area (Å²) in [7, 11) is 0. The van der Waals surface area contributed by atoms with Crippen LogP contribution in [-0.4, -0.2) is 11.4 Å². The minimum Gasteiger partial charge on any atom is -0.250 e. The summed E-state index contributed by atoms with van der Waals surface area (Å²) < 4.78 is 0. The number of rotatable bonds is 23. The third-order valence-electron chi connectivity index (χ3n) is 8.48. The zero-order chi connectivity index (χ0) is 32.5. The summed E-state index contributed by atoms with van der Waals surface area (Å²) in [6, 6.07) is 14.2. The fourth-order valence-electron chi connectivity index (χ4n) is 5.80. The van der Waals surface area contributed by atoms with E-state index in [9.17, 15) is 0 Å². The Morgan fingerprint density at radius 1 is 0.478 bits per heavy atom. The number of hydrogen-bond donors (Lipinski definition) is 0. The van der Waals surface area contributed by atoms with Crippen molar-refractivity contribution in [1.29, 1.82) is 0 Å². The summed E-state index contributed by atoms with van der Waals surface area (Å²) in [6.45, 7) is 13.6. The Kier molecular flexibility index (Phi) is 24.4. The van der Waals surface area contributed by atoms with E-state index in [1.54, 1.807) is 0 Å². The largest absolute Gasteiger partial charge is 0.250 e. The van der Waals surface area contributed by atoms with Crippen LogP contribution in [0.4, 0.5) is 11.4 Å². The van der Waals surface area contributed by atoms with E-state index in [-0.39, 0.29) is 16.5 Å². The van der Waals surface area contributed by atoms with E-state index < -0.39 is 0 Å². The van der Waals surface area contributed by atoms with Gasteiger partial charge in [0.2, 0.25) is 0 Å². The molecule has 2 nitrogen and oxygen atoms in total. The second-order valence-corrected chi connectivity index (χ2v) is 13.0. The predicted molar refractivity (Wildman–Crippen MR) is 202 cm³/mol. The molecule has 46 heavy (non-hydrogen) atoms. The predicted octanol–water partition coefficient (Wildman–Crippen LogP) is 13.5. The van der Waals surface area contributed by atoms with Gasteiger partial charge in [-0.05, 0) is 123 Å². The minimum atomic E-state index is 0. The molecule has 0 spiro atoms. The van der Waals surface area contributed by atoms with Crippen molar-refractivity contribution in [3.05, 3.63) is 58.7 Å². The van der Waals surface area contributed by atoms with Crippen LogP contribution in [0.3, 0.4) is 0 Å². The number of unbranched alkanes of at least 4 members (excludes halogenated alkanes) is 10. The van der Waals surface area contributed by atoms with Crippen LogP contribution in [-0.2, 0) is 42.2 Å². The molecule has 0 atom stereocenters. The zero-order valence-electron chi connectivity index (χ0n) is 30.5. The fourth-order valence-corrected chi connectivity index (χ4v) is 5.80. The van der Waals surface area contributed by atoms with Crippen LogP contribution in [0.1, 0.15) is 173 Å². The van der Waals surface area contributed by atoms with Crippen molar-refractivity contribution < 1.29 is 16.5 Å². The molecule has 0 N–H and O–H groups in total. The molecule has 0 radical (unpaired) electrons. The van der Waals surface area contributed by atoms with Gasteiger partial charge in [-0.2, -0.15) is 0 Å². The molecular formula is C43H66N2Ni. The van der Waals surface area contributed by atoms with Gasteiger partial charge >= 0.3 is 0 Å². The van der Waals surface area contributed by atoms with Gasteiger partial charge in [0, 0.05) is 22.9 Å². The molecule has 0 aliphatic rings. The molecule has 2 aromatic rings.